The fraction of sp³-hybridized carbons (Fsp3) is 0.471. The molecule has 23 heavy (non-hydrogen) atoms. The quantitative estimate of drug-likeness (QED) is 0.832. The lowest BCUT2D eigenvalue weighted by Crippen LogP contribution is -2.42. The Bertz CT molecular complexity index is 656. The molecule has 1 saturated heterocycles. The maximum absolute atomic E-state index is 12.7. The first kappa shape index (κ1) is 15.7. The number of carbonyl (C=O) groups is 1. The largest absolute Gasteiger partial charge is 0.379 e. The molecule has 1 aliphatic rings. The molecule has 3 heterocycles. The number of likely N-dealkylation sites (tertiary alicyclic amines) is 1. The lowest BCUT2D eigenvalue weighted by molar-refractivity contribution is -0.132. The second-order valence-electron chi connectivity index (χ2n) is 5.94. The topological polar surface area (TPSA) is 60.2 Å². The molecule has 6 nitrogen and oxygen atoms in total. The summed E-state index contributed by atoms with van der Waals surface area (Å²) in [6.45, 7) is 0.731. The van der Waals surface area contributed by atoms with E-state index in [4.69, 9.17) is 4.74 Å². The van der Waals surface area contributed by atoms with E-state index < -0.39 is 0 Å². The van der Waals surface area contributed by atoms with Gasteiger partial charge in [0.05, 0.1) is 24.8 Å². The number of hydrogen-bond donors (Lipinski definition) is 0. The Kier molecular flexibility index (Phi) is 4.71. The number of nitrogens with zero attached hydrogens (tertiary/aromatic N) is 4. The first-order valence-corrected chi connectivity index (χ1v) is 7.87. The van der Waals surface area contributed by atoms with Gasteiger partial charge >= 0.3 is 0 Å². The van der Waals surface area contributed by atoms with Gasteiger partial charge in [-0.25, -0.2) is 0 Å². The molecule has 3 rings (SSSR count). The predicted molar refractivity (Wildman–Crippen MR) is 85.8 cm³/mol. The third kappa shape index (κ3) is 3.59. The summed E-state index contributed by atoms with van der Waals surface area (Å²) in [6, 6.07) is 5.71. The summed E-state index contributed by atoms with van der Waals surface area (Å²) < 4.78 is 7.38. The lowest BCUT2D eigenvalue weighted by Gasteiger charge is -2.27. The van der Waals surface area contributed by atoms with Crippen molar-refractivity contribution in [3.63, 3.8) is 0 Å². The summed E-state index contributed by atoms with van der Waals surface area (Å²) >= 11 is 0. The molecule has 122 valence electrons. The molecule has 2 atom stereocenters. The number of aromatic nitrogens is 3. The number of hydrogen-bond acceptors (Lipinski definition) is 4. The zero-order valence-corrected chi connectivity index (χ0v) is 13.6. The fourth-order valence-corrected chi connectivity index (χ4v) is 3.23. The maximum Gasteiger partial charge on any atom is 0.228 e. The van der Waals surface area contributed by atoms with Crippen LogP contribution in [0.25, 0.3) is 0 Å². The van der Waals surface area contributed by atoms with Crippen molar-refractivity contribution in [2.75, 3.05) is 13.7 Å². The first-order chi connectivity index (χ1) is 11.2. The highest BCUT2D eigenvalue weighted by atomic mass is 16.5. The molecule has 0 aliphatic carbocycles. The highest BCUT2D eigenvalue weighted by Crippen LogP contribution is 2.24. The zero-order valence-electron chi connectivity index (χ0n) is 13.6. The van der Waals surface area contributed by atoms with Gasteiger partial charge in [0.15, 0.2) is 0 Å². The normalized spacial score (nSPS) is 20.9. The Balaban J connectivity index is 1.72. The molecule has 1 amide bonds. The van der Waals surface area contributed by atoms with E-state index in [1.54, 1.807) is 18.0 Å². The summed E-state index contributed by atoms with van der Waals surface area (Å²) in [5.74, 6) is 0.108. The van der Waals surface area contributed by atoms with Crippen LogP contribution < -0.4 is 0 Å². The fourth-order valence-electron chi connectivity index (χ4n) is 3.23. The molecule has 0 N–H and O–H groups in total. The molecular formula is C17H22N4O2. The summed E-state index contributed by atoms with van der Waals surface area (Å²) in [5.41, 5.74) is 1.93. The smallest absolute Gasteiger partial charge is 0.228 e. The van der Waals surface area contributed by atoms with Crippen LogP contribution in [0.4, 0.5) is 0 Å². The Morgan fingerprint density at radius 2 is 2.30 bits per heavy atom. The van der Waals surface area contributed by atoms with Crippen molar-refractivity contribution in [1.29, 1.82) is 0 Å². The molecule has 6 heteroatoms. The summed E-state index contributed by atoms with van der Waals surface area (Å²) in [4.78, 5) is 18.9. The Labute approximate surface area is 136 Å². The minimum Gasteiger partial charge on any atom is -0.379 e. The van der Waals surface area contributed by atoms with E-state index in [-0.39, 0.29) is 18.1 Å². The van der Waals surface area contributed by atoms with Crippen molar-refractivity contribution in [3.05, 3.63) is 48.0 Å². The van der Waals surface area contributed by atoms with E-state index in [0.29, 0.717) is 6.42 Å². The van der Waals surface area contributed by atoms with Crippen LogP contribution >= 0.6 is 0 Å². The van der Waals surface area contributed by atoms with Gasteiger partial charge in [-0.2, -0.15) is 5.10 Å². The van der Waals surface area contributed by atoms with Crippen LogP contribution in [-0.4, -0.2) is 51.4 Å². The monoisotopic (exact) mass is 314 g/mol. The molecule has 2 aromatic heterocycles. The highest BCUT2D eigenvalue weighted by molar-refractivity contribution is 5.79. The third-order valence-electron chi connectivity index (χ3n) is 4.37. The van der Waals surface area contributed by atoms with Gasteiger partial charge in [-0.05, 0) is 30.5 Å². The van der Waals surface area contributed by atoms with Crippen LogP contribution in [0.15, 0.2) is 36.8 Å². The van der Waals surface area contributed by atoms with Gasteiger partial charge in [0, 0.05) is 38.8 Å². The minimum atomic E-state index is 0.0559. The van der Waals surface area contributed by atoms with Gasteiger partial charge in [-0.15, -0.1) is 0 Å². The molecular weight excluding hydrogens is 292 g/mol. The molecule has 2 aromatic rings. The highest BCUT2D eigenvalue weighted by Gasteiger charge is 2.37. The van der Waals surface area contributed by atoms with Crippen LogP contribution in [0, 0.1) is 0 Å². The van der Waals surface area contributed by atoms with Gasteiger partial charge in [-0.1, -0.05) is 6.07 Å². The maximum atomic E-state index is 12.7. The average Bonchev–Trinajstić information content (AvgIpc) is 3.15. The number of amides is 1. The molecule has 0 bridgehead atoms. The van der Waals surface area contributed by atoms with E-state index in [1.165, 1.54) is 0 Å². The van der Waals surface area contributed by atoms with Crippen LogP contribution in [0.3, 0.4) is 0 Å². The average molecular weight is 314 g/mol. The summed E-state index contributed by atoms with van der Waals surface area (Å²) in [7, 11) is 3.61. The number of methoxy groups -OCH3 is 1. The number of aryl methyl sites for hydroxylation is 1. The van der Waals surface area contributed by atoms with Crippen LogP contribution in [0.5, 0.6) is 0 Å². The van der Waals surface area contributed by atoms with Crippen molar-refractivity contribution in [2.24, 2.45) is 7.05 Å². The summed E-state index contributed by atoms with van der Waals surface area (Å²) in [5, 5.41) is 4.21. The standard InChI is InChI=1S/C17H22N4O2/c1-20-12-13(11-19-20)9-15-16(23-2)6-8-21(15)17(22)10-14-5-3-4-7-18-14/h3-5,7,11-12,15-16H,6,8-10H2,1-2H3/t15-,16-/m1/s1. The van der Waals surface area contributed by atoms with Gasteiger partial charge < -0.3 is 9.64 Å². The lowest BCUT2D eigenvalue weighted by atomic mass is 10.0. The van der Waals surface area contributed by atoms with Gasteiger partial charge in [0.1, 0.15) is 0 Å². The van der Waals surface area contributed by atoms with Crippen molar-refractivity contribution in [3.8, 4) is 0 Å². The molecule has 1 fully saturated rings. The number of ether oxygens (including phenoxy) is 1. The van der Waals surface area contributed by atoms with E-state index >= 15 is 0 Å². The van der Waals surface area contributed by atoms with E-state index in [2.05, 4.69) is 10.1 Å². The van der Waals surface area contributed by atoms with Gasteiger partial charge in [0.25, 0.3) is 0 Å². The second kappa shape index (κ2) is 6.91. The first-order valence-electron chi connectivity index (χ1n) is 7.87. The molecule has 1 aliphatic heterocycles. The van der Waals surface area contributed by atoms with Crippen LogP contribution in [0.1, 0.15) is 17.7 Å². The Morgan fingerprint density at radius 1 is 1.43 bits per heavy atom. The zero-order chi connectivity index (χ0) is 16.2. The molecule has 0 radical (unpaired) electrons. The second-order valence-corrected chi connectivity index (χ2v) is 5.94. The van der Waals surface area contributed by atoms with Crippen molar-refractivity contribution >= 4 is 5.91 Å². The van der Waals surface area contributed by atoms with E-state index in [0.717, 1.165) is 30.6 Å². The Morgan fingerprint density at radius 3 is 2.96 bits per heavy atom. The minimum absolute atomic E-state index is 0.0559. The number of rotatable bonds is 5. The van der Waals surface area contributed by atoms with Crippen molar-refractivity contribution < 1.29 is 9.53 Å². The SMILES string of the molecule is CO[C@@H]1CCN(C(=O)Cc2ccccn2)[C@@H]1Cc1cnn(C)c1. The third-order valence-corrected chi connectivity index (χ3v) is 4.37. The molecule has 0 unspecified atom stereocenters. The number of pyridine rings is 1. The van der Waals surface area contributed by atoms with E-state index in [1.807, 2.05) is 42.5 Å². The predicted octanol–water partition coefficient (Wildman–Crippen LogP) is 1.22. The van der Waals surface area contributed by atoms with Gasteiger partial charge in [0.2, 0.25) is 5.91 Å². The molecule has 0 saturated carbocycles. The molecule has 0 aromatic carbocycles. The van der Waals surface area contributed by atoms with Crippen molar-refractivity contribution in [2.45, 2.75) is 31.4 Å². The van der Waals surface area contributed by atoms with E-state index in [9.17, 15) is 4.79 Å². The van der Waals surface area contributed by atoms with Crippen molar-refractivity contribution in [1.82, 2.24) is 19.7 Å². The number of carbonyl (C=O) groups excluding carboxylic acids is 1. The molecule has 0 spiro atoms. The van der Waals surface area contributed by atoms with Crippen LogP contribution in [-0.2, 0) is 29.4 Å². The Hall–Kier alpha value is -2.21. The summed E-state index contributed by atoms with van der Waals surface area (Å²) in [6.07, 6.45) is 7.61. The van der Waals surface area contributed by atoms with Gasteiger partial charge in [-0.3, -0.25) is 14.5 Å². The van der Waals surface area contributed by atoms with Crippen LogP contribution in [0.2, 0.25) is 0 Å².